The van der Waals surface area contributed by atoms with Crippen LogP contribution >= 0.6 is 11.6 Å². The van der Waals surface area contributed by atoms with Crippen LogP contribution in [-0.2, 0) is 11.8 Å². The first-order valence-corrected chi connectivity index (χ1v) is 7.95. The molecule has 1 aromatic rings. The minimum absolute atomic E-state index is 0.116. The number of hydrogen-bond acceptors (Lipinski definition) is 3. The molecule has 0 bridgehead atoms. The Balaban J connectivity index is 1.94. The number of nitrogens with zero attached hydrogens (tertiary/aromatic N) is 4. The van der Waals surface area contributed by atoms with Crippen LogP contribution in [0.2, 0.25) is 5.02 Å². The number of piperidine rings is 1. The minimum Gasteiger partial charge on any atom is -0.349 e. The number of aryl methyl sites for hydroxylation is 1. The molecular weight excluding hydrogens is 304 g/mol. The highest BCUT2D eigenvalue weighted by Gasteiger charge is 2.27. The number of hydrogen-bond donors (Lipinski definition) is 0. The molecule has 6 nitrogen and oxygen atoms in total. The van der Waals surface area contributed by atoms with Gasteiger partial charge in [-0.2, -0.15) is 5.10 Å². The van der Waals surface area contributed by atoms with E-state index in [-0.39, 0.29) is 11.8 Å². The van der Waals surface area contributed by atoms with Crippen molar-refractivity contribution in [3.63, 3.8) is 0 Å². The maximum absolute atomic E-state index is 12.5. The number of carbonyl (C=O) groups is 2. The lowest BCUT2D eigenvalue weighted by Gasteiger charge is -2.32. The van der Waals surface area contributed by atoms with E-state index < -0.39 is 0 Å². The van der Waals surface area contributed by atoms with Crippen molar-refractivity contribution in [3.05, 3.63) is 16.9 Å². The number of carbonyl (C=O) groups excluding carboxylic acids is 2. The highest BCUT2D eigenvalue weighted by Crippen LogP contribution is 2.24. The largest absolute Gasteiger partial charge is 0.349 e. The molecule has 1 aliphatic rings. The first-order chi connectivity index (χ1) is 10.4. The van der Waals surface area contributed by atoms with Gasteiger partial charge in [0.25, 0.3) is 5.91 Å². The van der Waals surface area contributed by atoms with Crippen molar-refractivity contribution in [2.45, 2.75) is 25.7 Å². The first kappa shape index (κ1) is 16.8. The van der Waals surface area contributed by atoms with Crippen LogP contribution in [0.5, 0.6) is 0 Å². The SMILES string of the molecule is CN(C)C(=O)CC[C@@H]1CCCN(C(=O)c2nn(C)cc2Cl)C1. The zero-order valence-corrected chi connectivity index (χ0v) is 14.1. The van der Waals surface area contributed by atoms with Gasteiger partial charge in [-0.25, -0.2) is 0 Å². The lowest BCUT2D eigenvalue weighted by Crippen LogP contribution is -2.40. The molecule has 2 rings (SSSR count). The molecule has 0 unspecified atom stereocenters. The second-order valence-corrected chi connectivity index (χ2v) is 6.49. The summed E-state index contributed by atoms with van der Waals surface area (Å²) >= 11 is 6.05. The summed E-state index contributed by atoms with van der Waals surface area (Å²) in [6, 6.07) is 0. The van der Waals surface area contributed by atoms with Gasteiger partial charge < -0.3 is 9.80 Å². The quantitative estimate of drug-likeness (QED) is 0.847. The Hall–Kier alpha value is -1.56. The Morgan fingerprint density at radius 1 is 1.45 bits per heavy atom. The van der Waals surface area contributed by atoms with E-state index in [1.165, 1.54) is 0 Å². The fourth-order valence-corrected chi connectivity index (χ4v) is 3.05. The normalized spacial score (nSPS) is 18.4. The van der Waals surface area contributed by atoms with Gasteiger partial charge in [0.05, 0.1) is 5.02 Å². The first-order valence-electron chi connectivity index (χ1n) is 7.57. The van der Waals surface area contributed by atoms with Crippen LogP contribution in [0.15, 0.2) is 6.20 Å². The Bertz CT molecular complexity index is 556. The van der Waals surface area contributed by atoms with E-state index in [0.717, 1.165) is 25.8 Å². The molecule has 0 N–H and O–H groups in total. The van der Waals surface area contributed by atoms with Crippen molar-refractivity contribution in [2.24, 2.45) is 13.0 Å². The summed E-state index contributed by atoms with van der Waals surface area (Å²) in [6.45, 7) is 1.40. The monoisotopic (exact) mass is 326 g/mol. The van der Waals surface area contributed by atoms with Crippen molar-refractivity contribution in [1.29, 1.82) is 0 Å². The predicted octanol–water partition coefficient (Wildman–Crippen LogP) is 1.79. The lowest BCUT2D eigenvalue weighted by atomic mass is 9.93. The average molecular weight is 327 g/mol. The molecule has 7 heteroatoms. The molecule has 1 aromatic heterocycles. The Labute approximate surface area is 136 Å². The van der Waals surface area contributed by atoms with Crippen LogP contribution < -0.4 is 0 Å². The summed E-state index contributed by atoms with van der Waals surface area (Å²) in [5.41, 5.74) is 0.314. The van der Waals surface area contributed by atoms with E-state index in [9.17, 15) is 9.59 Å². The summed E-state index contributed by atoms with van der Waals surface area (Å²) < 4.78 is 1.55. The molecule has 1 saturated heterocycles. The molecule has 0 saturated carbocycles. The van der Waals surface area contributed by atoms with Gasteiger partial charge >= 0.3 is 0 Å². The van der Waals surface area contributed by atoms with Crippen LogP contribution in [-0.4, -0.2) is 58.6 Å². The summed E-state index contributed by atoms with van der Waals surface area (Å²) in [6.07, 6.45) is 4.99. The van der Waals surface area contributed by atoms with E-state index >= 15 is 0 Å². The highest BCUT2D eigenvalue weighted by atomic mass is 35.5. The second-order valence-electron chi connectivity index (χ2n) is 6.09. The molecule has 0 aromatic carbocycles. The van der Waals surface area contributed by atoms with E-state index in [1.54, 1.807) is 36.9 Å². The number of rotatable bonds is 4. The average Bonchev–Trinajstić information content (AvgIpc) is 2.82. The number of likely N-dealkylation sites (tertiary alicyclic amines) is 1. The summed E-state index contributed by atoms with van der Waals surface area (Å²) in [4.78, 5) is 27.6. The predicted molar refractivity (Wildman–Crippen MR) is 84.8 cm³/mol. The third-order valence-electron chi connectivity index (χ3n) is 4.06. The molecular formula is C15H23ClN4O2. The Kier molecular flexibility index (Phi) is 5.45. The zero-order valence-electron chi connectivity index (χ0n) is 13.4. The third-order valence-corrected chi connectivity index (χ3v) is 4.33. The van der Waals surface area contributed by atoms with Gasteiger partial charge in [-0.1, -0.05) is 11.6 Å². The van der Waals surface area contributed by atoms with Gasteiger partial charge in [0.1, 0.15) is 0 Å². The van der Waals surface area contributed by atoms with Crippen molar-refractivity contribution >= 4 is 23.4 Å². The summed E-state index contributed by atoms with van der Waals surface area (Å²) in [5, 5.41) is 4.53. The maximum Gasteiger partial charge on any atom is 0.275 e. The van der Waals surface area contributed by atoms with Crippen LogP contribution in [0.3, 0.4) is 0 Å². The van der Waals surface area contributed by atoms with Crippen LogP contribution in [0.4, 0.5) is 0 Å². The molecule has 1 aliphatic heterocycles. The van der Waals surface area contributed by atoms with Gasteiger partial charge in [0, 0.05) is 46.9 Å². The van der Waals surface area contributed by atoms with Gasteiger partial charge in [-0.3, -0.25) is 14.3 Å². The van der Waals surface area contributed by atoms with Gasteiger partial charge in [0.15, 0.2) is 5.69 Å². The fraction of sp³-hybridized carbons (Fsp3) is 0.667. The van der Waals surface area contributed by atoms with E-state index in [1.807, 2.05) is 4.90 Å². The molecule has 1 atom stereocenters. The number of aromatic nitrogens is 2. The topological polar surface area (TPSA) is 58.4 Å². The number of halogens is 1. The lowest BCUT2D eigenvalue weighted by molar-refractivity contribution is -0.129. The molecule has 2 heterocycles. The van der Waals surface area contributed by atoms with Gasteiger partial charge in [0.2, 0.25) is 5.91 Å². The van der Waals surface area contributed by atoms with E-state index in [4.69, 9.17) is 11.6 Å². The Morgan fingerprint density at radius 2 is 2.18 bits per heavy atom. The molecule has 2 amide bonds. The molecule has 0 aliphatic carbocycles. The van der Waals surface area contributed by atoms with E-state index in [0.29, 0.717) is 29.6 Å². The highest BCUT2D eigenvalue weighted by molar-refractivity contribution is 6.33. The van der Waals surface area contributed by atoms with Gasteiger partial charge in [-0.15, -0.1) is 0 Å². The van der Waals surface area contributed by atoms with E-state index in [2.05, 4.69) is 5.10 Å². The van der Waals surface area contributed by atoms with Crippen molar-refractivity contribution < 1.29 is 9.59 Å². The molecule has 1 fully saturated rings. The summed E-state index contributed by atoms with van der Waals surface area (Å²) in [7, 11) is 5.28. The van der Waals surface area contributed by atoms with Crippen molar-refractivity contribution in [3.8, 4) is 0 Å². The standard InChI is InChI=1S/C15H23ClN4O2/c1-18(2)13(21)7-6-11-5-4-8-20(9-11)15(22)14-12(16)10-19(3)17-14/h10-11H,4-9H2,1-3H3/t11-/m0/s1. The van der Waals surface area contributed by atoms with Crippen molar-refractivity contribution in [1.82, 2.24) is 19.6 Å². The number of amides is 2. The Morgan fingerprint density at radius 3 is 2.77 bits per heavy atom. The zero-order chi connectivity index (χ0) is 16.3. The summed E-state index contributed by atoms with van der Waals surface area (Å²) in [5.74, 6) is 0.384. The smallest absolute Gasteiger partial charge is 0.275 e. The van der Waals surface area contributed by atoms with Gasteiger partial charge in [-0.05, 0) is 25.2 Å². The molecule has 0 radical (unpaired) electrons. The fourth-order valence-electron chi connectivity index (χ4n) is 2.79. The molecule has 122 valence electrons. The minimum atomic E-state index is -0.116. The van der Waals surface area contributed by atoms with Crippen LogP contribution in [0.1, 0.15) is 36.2 Å². The van der Waals surface area contributed by atoms with Crippen LogP contribution in [0.25, 0.3) is 0 Å². The van der Waals surface area contributed by atoms with Crippen molar-refractivity contribution in [2.75, 3.05) is 27.2 Å². The molecule has 0 spiro atoms. The molecule has 22 heavy (non-hydrogen) atoms. The second kappa shape index (κ2) is 7.13. The van der Waals surface area contributed by atoms with Crippen LogP contribution in [0, 0.1) is 5.92 Å². The maximum atomic E-state index is 12.5. The third kappa shape index (κ3) is 4.00.